The lowest BCUT2D eigenvalue weighted by atomic mass is 9.94. The summed E-state index contributed by atoms with van der Waals surface area (Å²) in [6, 6.07) is 2.32. The Morgan fingerprint density at radius 1 is 1.25 bits per heavy atom. The molecule has 0 fully saturated rings. The van der Waals surface area contributed by atoms with Gasteiger partial charge in [0.05, 0.1) is 0 Å². The number of fused-ring (bicyclic) bond motifs is 1. The molecule has 1 unspecified atom stereocenters. The summed E-state index contributed by atoms with van der Waals surface area (Å²) in [6.45, 7) is 2.34. The monoisotopic (exact) mass is 221 g/mol. The molecule has 1 aliphatic heterocycles. The topological polar surface area (TPSA) is 12.0 Å². The molecule has 3 heteroatoms. The van der Waals surface area contributed by atoms with E-state index in [4.69, 9.17) is 0 Å². The third-order valence-electron chi connectivity index (χ3n) is 2.65. The van der Waals surface area contributed by atoms with Gasteiger partial charge >= 0.3 is 0 Å². The summed E-state index contributed by atoms with van der Waals surface area (Å²) in [5, 5.41) is 2.99. The molecule has 0 saturated carbocycles. The molecule has 0 aliphatic carbocycles. The zero-order valence-corrected chi connectivity index (χ0v) is 9.00. The first-order chi connectivity index (χ1) is 7.68. The van der Waals surface area contributed by atoms with Crippen LogP contribution in [-0.2, 0) is 6.54 Å². The first kappa shape index (κ1) is 10.9. The van der Waals surface area contributed by atoms with Gasteiger partial charge in [-0.1, -0.05) is 19.1 Å². The van der Waals surface area contributed by atoms with Crippen molar-refractivity contribution in [3.05, 3.63) is 59.3 Å². The predicted molar refractivity (Wildman–Crippen MR) is 59.9 cm³/mol. The van der Waals surface area contributed by atoms with Crippen LogP contribution in [0, 0.1) is 11.6 Å². The molecule has 1 N–H and O–H groups in total. The van der Waals surface area contributed by atoms with Crippen LogP contribution in [0.4, 0.5) is 8.78 Å². The van der Waals surface area contributed by atoms with Crippen molar-refractivity contribution in [2.75, 3.05) is 0 Å². The molecule has 16 heavy (non-hydrogen) atoms. The van der Waals surface area contributed by atoms with Crippen molar-refractivity contribution in [1.82, 2.24) is 5.32 Å². The molecule has 1 atom stereocenters. The van der Waals surface area contributed by atoms with E-state index in [2.05, 4.69) is 5.32 Å². The summed E-state index contributed by atoms with van der Waals surface area (Å²) in [5.74, 6) is -1.06. The van der Waals surface area contributed by atoms with Gasteiger partial charge in [0.25, 0.3) is 0 Å². The molecule has 1 heterocycles. The average molecular weight is 221 g/mol. The van der Waals surface area contributed by atoms with Crippen LogP contribution in [-0.4, -0.2) is 0 Å². The van der Waals surface area contributed by atoms with Gasteiger partial charge < -0.3 is 5.32 Å². The van der Waals surface area contributed by atoms with Gasteiger partial charge in [0.15, 0.2) is 0 Å². The maximum atomic E-state index is 13.7. The number of nitrogens with one attached hydrogen (secondary N) is 1. The van der Waals surface area contributed by atoms with Crippen molar-refractivity contribution in [2.24, 2.45) is 0 Å². The number of hydrogen-bond donors (Lipinski definition) is 1. The molecular weight excluding hydrogens is 208 g/mol. The molecule has 1 aliphatic rings. The lowest BCUT2D eigenvalue weighted by Crippen LogP contribution is -2.09. The van der Waals surface area contributed by atoms with Crippen molar-refractivity contribution >= 4 is 0 Å². The molecule has 0 amide bonds. The highest BCUT2D eigenvalue weighted by atomic mass is 19.1. The maximum Gasteiger partial charge on any atom is 0.130 e. The third-order valence-corrected chi connectivity index (χ3v) is 2.65. The lowest BCUT2D eigenvalue weighted by molar-refractivity contribution is 0.562. The fourth-order valence-electron chi connectivity index (χ4n) is 1.91. The highest BCUT2D eigenvalue weighted by molar-refractivity contribution is 5.35. The van der Waals surface area contributed by atoms with Crippen molar-refractivity contribution in [2.45, 2.75) is 19.4 Å². The molecule has 1 aromatic rings. The van der Waals surface area contributed by atoms with E-state index in [1.54, 1.807) is 6.20 Å². The van der Waals surface area contributed by atoms with E-state index in [1.165, 1.54) is 6.07 Å². The number of hydrogen-bond acceptors (Lipinski definition) is 1. The fraction of sp³-hybridized carbons (Fsp3) is 0.231. The van der Waals surface area contributed by atoms with E-state index in [0.717, 1.165) is 6.07 Å². The van der Waals surface area contributed by atoms with E-state index in [0.29, 0.717) is 17.7 Å². The minimum absolute atomic E-state index is 0.0554. The second kappa shape index (κ2) is 4.47. The Hall–Kier alpha value is -1.64. The van der Waals surface area contributed by atoms with Crippen LogP contribution >= 0.6 is 0 Å². The van der Waals surface area contributed by atoms with Crippen LogP contribution in [0.2, 0.25) is 0 Å². The van der Waals surface area contributed by atoms with E-state index < -0.39 is 11.6 Å². The first-order valence-electron chi connectivity index (χ1n) is 5.23. The molecule has 2 rings (SSSR count). The molecule has 0 bridgehead atoms. The zero-order chi connectivity index (χ0) is 11.5. The van der Waals surface area contributed by atoms with Crippen molar-refractivity contribution in [3.63, 3.8) is 0 Å². The summed E-state index contributed by atoms with van der Waals surface area (Å²) in [6.07, 6.45) is 7.36. The van der Waals surface area contributed by atoms with Gasteiger partial charge in [0.1, 0.15) is 11.6 Å². The van der Waals surface area contributed by atoms with Crippen LogP contribution in [0.25, 0.3) is 0 Å². The van der Waals surface area contributed by atoms with E-state index >= 15 is 0 Å². The lowest BCUT2D eigenvalue weighted by Gasteiger charge is -2.14. The molecule has 0 saturated heterocycles. The summed E-state index contributed by atoms with van der Waals surface area (Å²) >= 11 is 0. The van der Waals surface area contributed by atoms with Crippen LogP contribution in [0.5, 0.6) is 0 Å². The Morgan fingerprint density at radius 3 is 2.88 bits per heavy atom. The molecule has 1 aromatic carbocycles. The van der Waals surface area contributed by atoms with Crippen molar-refractivity contribution < 1.29 is 8.78 Å². The third kappa shape index (κ3) is 2.13. The largest absolute Gasteiger partial charge is 0.387 e. The summed E-state index contributed by atoms with van der Waals surface area (Å²) in [5.41, 5.74) is 1.23. The van der Waals surface area contributed by atoms with Gasteiger partial charge in [0.2, 0.25) is 0 Å². The predicted octanol–water partition coefficient (Wildman–Crippen LogP) is 3.24. The number of halogens is 2. The second-order valence-electron chi connectivity index (χ2n) is 3.87. The van der Waals surface area contributed by atoms with E-state index in [1.807, 2.05) is 25.2 Å². The number of rotatable bonds is 0. The second-order valence-corrected chi connectivity index (χ2v) is 3.87. The molecule has 0 spiro atoms. The van der Waals surface area contributed by atoms with Crippen molar-refractivity contribution in [3.8, 4) is 0 Å². The van der Waals surface area contributed by atoms with Crippen LogP contribution < -0.4 is 5.32 Å². The van der Waals surface area contributed by atoms with Gasteiger partial charge in [-0.2, -0.15) is 0 Å². The van der Waals surface area contributed by atoms with Crippen LogP contribution in [0.1, 0.15) is 24.0 Å². The first-order valence-corrected chi connectivity index (χ1v) is 5.23. The van der Waals surface area contributed by atoms with Gasteiger partial charge in [-0.15, -0.1) is 0 Å². The molecule has 0 aromatic heterocycles. The SMILES string of the molecule is CC1/C=C\C=C/NCc2cc(F)cc(F)c21. The summed E-state index contributed by atoms with van der Waals surface area (Å²) in [4.78, 5) is 0. The number of allylic oxidation sites excluding steroid dienone is 3. The fourth-order valence-corrected chi connectivity index (χ4v) is 1.91. The standard InChI is InChI=1S/C13H13F2N/c1-9-4-2-3-5-16-8-10-6-11(14)7-12(15)13(9)10/h2-7,9,16H,8H2,1H3/b4-2-,5-3-. The van der Waals surface area contributed by atoms with Gasteiger partial charge in [-0.05, 0) is 29.5 Å². The normalized spacial score (nSPS) is 23.3. The Morgan fingerprint density at radius 2 is 2.06 bits per heavy atom. The Kier molecular flexibility index (Phi) is 3.04. The minimum atomic E-state index is -0.530. The average Bonchev–Trinajstić information content (AvgIpc) is 2.29. The smallest absolute Gasteiger partial charge is 0.130 e. The molecular formula is C13H13F2N. The zero-order valence-electron chi connectivity index (χ0n) is 9.00. The molecule has 1 nitrogen and oxygen atoms in total. The molecule has 0 radical (unpaired) electrons. The summed E-state index contributed by atoms with van der Waals surface area (Å²) < 4.78 is 26.8. The van der Waals surface area contributed by atoms with Gasteiger partial charge in [0, 0.05) is 18.5 Å². The Bertz CT molecular complexity index is 449. The Labute approximate surface area is 93.5 Å². The quantitative estimate of drug-likeness (QED) is 0.709. The number of benzene rings is 1. The summed E-state index contributed by atoms with van der Waals surface area (Å²) in [7, 11) is 0. The highest BCUT2D eigenvalue weighted by Gasteiger charge is 2.15. The van der Waals surface area contributed by atoms with Crippen LogP contribution in [0.15, 0.2) is 36.6 Å². The van der Waals surface area contributed by atoms with Gasteiger partial charge in [-0.25, -0.2) is 8.78 Å². The maximum absolute atomic E-state index is 13.7. The minimum Gasteiger partial charge on any atom is -0.387 e. The highest BCUT2D eigenvalue weighted by Crippen LogP contribution is 2.26. The molecule has 84 valence electrons. The van der Waals surface area contributed by atoms with Crippen LogP contribution in [0.3, 0.4) is 0 Å². The van der Waals surface area contributed by atoms with E-state index in [9.17, 15) is 8.78 Å². The van der Waals surface area contributed by atoms with Crippen molar-refractivity contribution in [1.29, 1.82) is 0 Å². The van der Waals surface area contributed by atoms with Gasteiger partial charge in [-0.3, -0.25) is 0 Å². The van der Waals surface area contributed by atoms with E-state index in [-0.39, 0.29) is 5.92 Å². The Balaban J connectivity index is 2.53.